The lowest BCUT2D eigenvalue weighted by molar-refractivity contribution is -0.274. The fraction of sp³-hybridized carbons (Fsp3) is 0.0909. The van der Waals surface area contributed by atoms with Crippen LogP contribution in [0.3, 0.4) is 0 Å². The van der Waals surface area contributed by atoms with Gasteiger partial charge in [0, 0.05) is 0 Å². The van der Waals surface area contributed by atoms with E-state index in [1.165, 1.54) is 12.1 Å². The van der Waals surface area contributed by atoms with Crippen molar-refractivity contribution in [3.63, 3.8) is 0 Å². The molecule has 0 unspecified atom stereocenters. The van der Waals surface area contributed by atoms with Gasteiger partial charge in [-0.15, -0.1) is 13.2 Å². The molecule has 1 rings (SSSR count). The standard InChI is InChI=1S/C11H5F3N4O3/c12-11(13,14)21-7-1-2-9(8(3-7)10(19)20)18-17-6(4-15)5-16/h1-3,18H,(H,19,20). The normalized spacial score (nSPS) is 9.95. The van der Waals surface area contributed by atoms with Crippen molar-refractivity contribution in [3.05, 3.63) is 23.8 Å². The lowest BCUT2D eigenvalue weighted by Gasteiger charge is -2.11. The van der Waals surface area contributed by atoms with Crippen molar-refractivity contribution in [3.8, 4) is 17.9 Å². The first-order chi connectivity index (χ1) is 9.76. The molecular formula is C11H5F3N4O3. The van der Waals surface area contributed by atoms with Crippen molar-refractivity contribution in [1.29, 1.82) is 10.5 Å². The number of ether oxygens (including phenoxy) is 1. The van der Waals surface area contributed by atoms with Crippen LogP contribution in [-0.2, 0) is 0 Å². The number of alkyl halides is 3. The van der Waals surface area contributed by atoms with Crippen molar-refractivity contribution in [2.75, 3.05) is 5.43 Å². The summed E-state index contributed by atoms with van der Waals surface area (Å²) < 4.78 is 39.7. The van der Waals surface area contributed by atoms with Crippen LogP contribution in [0.2, 0.25) is 0 Å². The van der Waals surface area contributed by atoms with Gasteiger partial charge in [-0.1, -0.05) is 0 Å². The molecule has 2 N–H and O–H groups in total. The van der Waals surface area contributed by atoms with Gasteiger partial charge in [-0.25, -0.2) is 4.79 Å². The fourth-order valence-corrected chi connectivity index (χ4v) is 1.19. The second-order valence-corrected chi connectivity index (χ2v) is 3.36. The number of nitriles is 2. The van der Waals surface area contributed by atoms with Crippen LogP contribution < -0.4 is 10.2 Å². The first-order valence-corrected chi connectivity index (χ1v) is 5.04. The molecule has 0 atom stereocenters. The molecule has 0 aromatic heterocycles. The van der Waals surface area contributed by atoms with Crippen LogP contribution in [0.4, 0.5) is 18.9 Å². The average molecular weight is 298 g/mol. The molecule has 7 nitrogen and oxygen atoms in total. The molecule has 0 heterocycles. The number of nitrogens with zero attached hydrogens (tertiary/aromatic N) is 3. The van der Waals surface area contributed by atoms with E-state index in [4.69, 9.17) is 15.6 Å². The van der Waals surface area contributed by atoms with E-state index in [1.807, 2.05) is 0 Å². The summed E-state index contributed by atoms with van der Waals surface area (Å²) in [4.78, 5) is 11.0. The highest BCUT2D eigenvalue weighted by atomic mass is 19.4. The number of carboxylic acid groups (broad SMARTS) is 1. The zero-order valence-corrected chi connectivity index (χ0v) is 9.97. The van der Waals surface area contributed by atoms with Crippen molar-refractivity contribution in [2.45, 2.75) is 6.36 Å². The molecule has 0 radical (unpaired) electrons. The zero-order chi connectivity index (χ0) is 16.0. The number of rotatable bonds is 4. The topological polar surface area (TPSA) is 119 Å². The first-order valence-electron chi connectivity index (χ1n) is 5.04. The summed E-state index contributed by atoms with van der Waals surface area (Å²) in [5, 5.41) is 29.1. The SMILES string of the molecule is N#CC(C#N)=NNc1ccc(OC(F)(F)F)cc1C(=O)O. The molecule has 0 bridgehead atoms. The zero-order valence-electron chi connectivity index (χ0n) is 9.97. The second kappa shape index (κ2) is 6.25. The van der Waals surface area contributed by atoms with Crippen molar-refractivity contribution in [1.82, 2.24) is 0 Å². The molecule has 0 aliphatic heterocycles. The van der Waals surface area contributed by atoms with Crippen LogP contribution in [0.15, 0.2) is 23.3 Å². The number of halogens is 3. The third-order valence-electron chi connectivity index (χ3n) is 1.95. The summed E-state index contributed by atoms with van der Waals surface area (Å²) >= 11 is 0. The highest BCUT2D eigenvalue weighted by Crippen LogP contribution is 2.27. The van der Waals surface area contributed by atoms with E-state index in [0.717, 1.165) is 12.1 Å². The molecule has 1 aromatic rings. The molecule has 21 heavy (non-hydrogen) atoms. The van der Waals surface area contributed by atoms with Crippen LogP contribution in [-0.4, -0.2) is 23.1 Å². The van der Waals surface area contributed by atoms with E-state index in [0.29, 0.717) is 6.07 Å². The van der Waals surface area contributed by atoms with Crippen LogP contribution >= 0.6 is 0 Å². The second-order valence-electron chi connectivity index (χ2n) is 3.36. The van der Waals surface area contributed by atoms with Crippen LogP contribution in [0.1, 0.15) is 10.4 Å². The molecular weight excluding hydrogens is 293 g/mol. The Hall–Kier alpha value is -3.27. The summed E-state index contributed by atoms with van der Waals surface area (Å²) in [6.45, 7) is 0. The average Bonchev–Trinajstić information content (AvgIpc) is 2.39. The summed E-state index contributed by atoms with van der Waals surface area (Å²) in [5.41, 5.74) is 0.749. The van der Waals surface area contributed by atoms with Gasteiger partial charge in [-0.05, 0) is 18.2 Å². The molecule has 0 aliphatic carbocycles. The Labute approximate surface area is 115 Å². The van der Waals surface area contributed by atoms with Gasteiger partial charge in [-0.2, -0.15) is 15.6 Å². The van der Waals surface area contributed by atoms with Gasteiger partial charge in [0.2, 0.25) is 5.71 Å². The number of aromatic carboxylic acids is 1. The Bertz CT molecular complexity index is 655. The number of benzene rings is 1. The summed E-state index contributed by atoms with van der Waals surface area (Å²) in [6, 6.07) is 5.28. The Kier molecular flexibility index (Phi) is 4.70. The summed E-state index contributed by atoms with van der Waals surface area (Å²) in [7, 11) is 0. The minimum absolute atomic E-state index is 0.208. The summed E-state index contributed by atoms with van der Waals surface area (Å²) in [5.74, 6) is -2.27. The minimum Gasteiger partial charge on any atom is -0.478 e. The first kappa shape index (κ1) is 15.8. The molecule has 108 valence electrons. The van der Waals surface area contributed by atoms with Gasteiger partial charge in [0.25, 0.3) is 0 Å². The third kappa shape index (κ3) is 4.72. The number of hydrogen-bond acceptors (Lipinski definition) is 6. The van der Waals surface area contributed by atoms with Gasteiger partial charge >= 0.3 is 12.3 Å². The molecule has 10 heteroatoms. The summed E-state index contributed by atoms with van der Waals surface area (Å²) in [6.07, 6.45) is -4.96. The van der Waals surface area contributed by atoms with Gasteiger partial charge in [0.05, 0.1) is 11.3 Å². The van der Waals surface area contributed by atoms with Gasteiger partial charge in [0.1, 0.15) is 17.9 Å². The Morgan fingerprint density at radius 2 is 1.95 bits per heavy atom. The third-order valence-corrected chi connectivity index (χ3v) is 1.95. The predicted octanol–water partition coefficient (Wildman–Crippen LogP) is 2.10. The predicted molar refractivity (Wildman–Crippen MR) is 62.4 cm³/mol. The van der Waals surface area contributed by atoms with E-state index >= 15 is 0 Å². The smallest absolute Gasteiger partial charge is 0.478 e. The number of anilines is 1. The van der Waals surface area contributed by atoms with Gasteiger partial charge in [-0.3, -0.25) is 5.43 Å². The Morgan fingerprint density at radius 3 is 2.43 bits per heavy atom. The van der Waals surface area contributed by atoms with Crippen molar-refractivity contribution >= 4 is 17.4 Å². The lowest BCUT2D eigenvalue weighted by atomic mass is 10.1. The number of nitrogens with one attached hydrogen (secondary N) is 1. The van der Waals surface area contributed by atoms with E-state index in [-0.39, 0.29) is 5.69 Å². The number of hydrazone groups is 1. The molecule has 0 spiro atoms. The molecule has 0 aliphatic rings. The molecule has 0 amide bonds. The van der Waals surface area contributed by atoms with Crippen LogP contribution in [0.25, 0.3) is 0 Å². The van der Waals surface area contributed by atoms with E-state index in [2.05, 4.69) is 15.3 Å². The Morgan fingerprint density at radius 1 is 1.33 bits per heavy atom. The molecule has 0 saturated heterocycles. The number of hydrogen-bond donors (Lipinski definition) is 2. The Balaban J connectivity index is 3.12. The maximum atomic E-state index is 12.0. The van der Waals surface area contributed by atoms with Crippen LogP contribution in [0, 0.1) is 22.7 Å². The minimum atomic E-state index is -4.96. The van der Waals surface area contributed by atoms with E-state index in [1.54, 1.807) is 0 Å². The molecule has 1 aromatic carbocycles. The van der Waals surface area contributed by atoms with E-state index < -0.39 is 29.4 Å². The maximum Gasteiger partial charge on any atom is 0.573 e. The van der Waals surface area contributed by atoms with E-state index in [9.17, 15) is 18.0 Å². The molecule has 0 fully saturated rings. The highest BCUT2D eigenvalue weighted by molar-refractivity contribution is 6.10. The van der Waals surface area contributed by atoms with Crippen molar-refractivity contribution in [2.24, 2.45) is 5.10 Å². The van der Waals surface area contributed by atoms with Crippen molar-refractivity contribution < 1.29 is 27.8 Å². The number of carbonyl (C=O) groups is 1. The van der Waals surface area contributed by atoms with Crippen LogP contribution in [0.5, 0.6) is 5.75 Å². The lowest BCUT2D eigenvalue weighted by Crippen LogP contribution is -2.17. The quantitative estimate of drug-likeness (QED) is 0.649. The maximum absolute atomic E-state index is 12.0. The monoisotopic (exact) mass is 298 g/mol. The van der Waals surface area contributed by atoms with Gasteiger partial charge in [0.15, 0.2) is 0 Å². The highest BCUT2D eigenvalue weighted by Gasteiger charge is 2.31. The molecule has 0 saturated carbocycles. The largest absolute Gasteiger partial charge is 0.573 e. The fourth-order valence-electron chi connectivity index (χ4n) is 1.19. The number of carboxylic acids is 1. The van der Waals surface area contributed by atoms with Gasteiger partial charge < -0.3 is 9.84 Å².